The van der Waals surface area contributed by atoms with Crippen molar-refractivity contribution in [3.05, 3.63) is 46.0 Å². The molecule has 128 valence electrons. The molecular weight excluding hydrogens is 318 g/mol. The van der Waals surface area contributed by atoms with E-state index in [-0.39, 0.29) is 11.8 Å². The Labute approximate surface area is 147 Å². The number of thiazole rings is 1. The number of carbonyl (C=O) groups is 1. The third-order valence-corrected chi connectivity index (χ3v) is 5.68. The van der Waals surface area contributed by atoms with Crippen molar-refractivity contribution in [2.24, 2.45) is 5.92 Å². The van der Waals surface area contributed by atoms with Crippen LogP contribution in [0.4, 0.5) is 5.13 Å². The van der Waals surface area contributed by atoms with E-state index in [9.17, 15) is 4.79 Å². The second-order valence-corrected chi connectivity index (χ2v) is 7.84. The number of rotatable bonds is 4. The van der Waals surface area contributed by atoms with Gasteiger partial charge in [-0.3, -0.25) is 4.79 Å². The van der Waals surface area contributed by atoms with E-state index in [1.165, 1.54) is 16.0 Å². The van der Waals surface area contributed by atoms with Gasteiger partial charge in [-0.1, -0.05) is 29.8 Å². The predicted molar refractivity (Wildman–Crippen MR) is 99.7 cm³/mol. The quantitative estimate of drug-likeness (QED) is 0.890. The van der Waals surface area contributed by atoms with Gasteiger partial charge in [0.05, 0.1) is 5.69 Å². The molecule has 2 heterocycles. The van der Waals surface area contributed by atoms with Crippen LogP contribution in [-0.4, -0.2) is 23.5 Å². The predicted octanol–water partition coefficient (Wildman–Crippen LogP) is 3.68. The van der Waals surface area contributed by atoms with Crippen molar-refractivity contribution < 1.29 is 4.79 Å². The van der Waals surface area contributed by atoms with Crippen LogP contribution in [0.1, 0.15) is 41.5 Å². The molecule has 0 saturated carbocycles. The van der Waals surface area contributed by atoms with Crippen LogP contribution < -0.4 is 10.6 Å². The van der Waals surface area contributed by atoms with E-state index in [1.54, 1.807) is 11.3 Å². The second kappa shape index (κ2) is 7.45. The highest BCUT2D eigenvalue weighted by molar-refractivity contribution is 7.15. The lowest BCUT2D eigenvalue weighted by atomic mass is 9.93. The van der Waals surface area contributed by atoms with E-state index in [0.29, 0.717) is 6.04 Å². The molecule has 1 saturated heterocycles. The maximum absolute atomic E-state index is 12.5. The fourth-order valence-electron chi connectivity index (χ4n) is 3.11. The lowest BCUT2D eigenvalue weighted by Gasteiger charge is -2.26. The highest BCUT2D eigenvalue weighted by Crippen LogP contribution is 2.27. The number of nitrogens with one attached hydrogen (secondary N) is 2. The van der Waals surface area contributed by atoms with Crippen LogP contribution in [0, 0.1) is 19.8 Å². The van der Waals surface area contributed by atoms with Crippen LogP contribution in [-0.2, 0) is 11.2 Å². The van der Waals surface area contributed by atoms with Crippen LogP contribution in [0.2, 0.25) is 0 Å². The average molecular weight is 343 g/mol. The SMILES string of the molecule is Cc1ccc(Cc2sc(NC(=O)[C@H]3CCN[C@@H](C)C3)nc2C)cc1. The third kappa shape index (κ3) is 4.22. The zero-order chi connectivity index (χ0) is 17.1. The number of aryl methyl sites for hydroxylation is 2. The summed E-state index contributed by atoms with van der Waals surface area (Å²) < 4.78 is 0. The molecule has 2 N–H and O–H groups in total. The molecule has 1 aromatic heterocycles. The Hall–Kier alpha value is -1.72. The minimum atomic E-state index is 0.0889. The molecule has 0 unspecified atom stereocenters. The molecule has 4 nitrogen and oxygen atoms in total. The number of hydrogen-bond donors (Lipinski definition) is 2. The molecule has 2 atom stereocenters. The highest BCUT2D eigenvalue weighted by atomic mass is 32.1. The first-order valence-corrected chi connectivity index (χ1v) is 9.39. The number of nitrogens with zero attached hydrogens (tertiary/aromatic N) is 1. The van der Waals surface area contributed by atoms with Crippen molar-refractivity contribution in [3.8, 4) is 0 Å². The third-order valence-electron chi connectivity index (χ3n) is 4.60. The molecule has 24 heavy (non-hydrogen) atoms. The van der Waals surface area contributed by atoms with Gasteiger partial charge in [0.1, 0.15) is 0 Å². The Morgan fingerprint density at radius 1 is 1.33 bits per heavy atom. The number of aromatic nitrogens is 1. The number of piperidine rings is 1. The normalized spacial score (nSPS) is 20.8. The van der Waals surface area contributed by atoms with Gasteiger partial charge in [0.2, 0.25) is 5.91 Å². The van der Waals surface area contributed by atoms with E-state index < -0.39 is 0 Å². The summed E-state index contributed by atoms with van der Waals surface area (Å²) in [6, 6.07) is 8.98. The lowest BCUT2D eigenvalue weighted by Crippen LogP contribution is -2.40. The van der Waals surface area contributed by atoms with E-state index >= 15 is 0 Å². The maximum Gasteiger partial charge on any atom is 0.229 e. The van der Waals surface area contributed by atoms with E-state index in [4.69, 9.17) is 0 Å². The minimum Gasteiger partial charge on any atom is -0.314 e. The molecule has 1 aliphatic heterocycles. The summed E-state index contributed by atoms with van der Waals surface area (Å²) in [5.74, 6) is 0.199. The van der Waals surface area contributed by atoms with Gasteiger partial charge in [-0.05, 0) is 45.7 Å². The molecule has 0 aliphatic carbocycles. The monoisotopic (exact) mass is 343 g/mol. The van der Waals surface area contributed by atoms with Gasteiger partial charge in [-0.15, -0.1) is 11.3 Å². The molecule has 0 spiro atoms. The van der Waals surface area contributed by atoms with Crippen LogP contribution >= 0.6 is 11.3 Å². The fraction of sp³-hybridized carbons (Fsp3) is 0.474. The van der Waals surface area contributed by atoms with Crippen LogP contribution in [0.25, 0.3) is 0 Å². The van der Waals surface area contributed by atoms with E-state index in [0.717, 1.165) is 36.6 Å². The van der Waals surface area contributed by atoms with Gasteiger partial charge in [0, 0.05) is 23.3 Å². The minimum absolute atomic E-state index is 0.0889. The average Bonchev–Trinajstić information content (AvgIpc) is 2.89. The Balaban J connectivity index is 1.65. The Kier molecular flexibility index (Phi) is 5.31. The van der Waals surface area contributed by atoms with Gasteiger partial charge >= 0.3 is 0 Å². The van der Waals surface area contributed by atoms with Crippen molar-refractivity contribution in [1.82, 2.24) is 10.3 Å². The summed E-state index contributed by atoms with van der Waals surface area (Å²) in [5, 5.41) is 7.14. The molecule has 3 rings (SSSR count). The number of hydrogen-bond acceptors (Lipinski definition) is 4. The lowest BCUT2D eigenvalue weighted by molar-refractivity contribution is -0.120. The maximum atomic E-state index is 12.5. The standard InChI is InChI=1S/C19H25N3OS/c1-12-4-6-15(7-5-12)11-17-14(3)21-19(24-17)22-18(23)16-8-9-20-13(2)10-16/h4-7,13,16,20H,8-11H2,1-3H3,(H,21,22,23)/t13-,16-/m0/s1. The van der Waals surface area contributed by atoms with Crippen molar-refractivity contribution in [2.75, 3.05) is 11.9 Å². The number of anilines is 1. The van der Waals surface area contributed by atoms with Crippen LogP contribution in [0.3, 0.4) is 0 Å². The summed E-state index contributed by atoms with van der Waals surface area (Å²) >= 11 is 1.59. The summed E-state index contributed by atoms with van der Waals surface area (Å²) in [7, 11) is 0. The zero-order valence-corrected chi connectivity index (χ0v) is 15.4. The van der Waals surface area contributed by atoms with Crippen molar-refractivity contribution >= 4 is 22.4 Å². The molecule has 5 heteroatoms. The first-order chi connectivity index (χ1) is 11.5. The first-order valence-electron chi connectivity index (χ1n) is 8.57. The number of amides is 1. The molecular formula is C19H25N3OS. The molecule has 2 aromatic rings. The molecule has 0 radical (unpaired) electrons. The Morgan fingerprint density at radius 3 is 2.79 bits per heavy atom. The molecule has 1 fully saturated rings. The van der Waals surface area contributed by atoms with Gasteiger partial charge in [0.25, 0.3) is 0 Å². The van der Waals surface area contributed by atoms with Gasteiger partial charge in [0.15, 0.2) is 5.13 Å². The highest BCUT2D eigenvalue weighted by Gasteiger charge is 2.25. The fourth-order valence-corrected chi connectivity index (χ4v) is 4.11. The number of benzene rings is 1. The molecule has 1 aliphatic rings. The Bertz CT molecular complexity index is 708. The van der Waals surface area contributed by atoms with E-state index in [1.807, 2.05) is 6.92 Å². The topological polar surface area (TPSA) is 54.0 Å². The second-order valence-electron chi connectivity index (χ2n) is 6.76. The van der Waals surface area contributed by atoms with Crippen molar-refractivity contribution in [3.63, 3.8) is 0 Å². The van der Waals surface area contributed by atoms with Crippen LogP contribution in [0.5, 0.6) is 0 Å². The first kappa shape index (κ1) is 17.1. The van der Waals surface area contributed by atoms with Crippen molar-refractivity contribution in [1.29, 1.82) is 0 Å². The van der Waals surface area contributed by atoms with Crippen molar-refractivity contribution in [2.45, 2.75) is 46.1 Å². The van der Waals surface area contributed by atoms with Gasteiger partial charge < -0.3 is 10.6 Å². The molecule has 1 amide bonds. The molecule has 1 aromatic carbocycles. The van der Waals surface area contributed by atoms with Gasteiger partial charge in [-0.25, -0.2) is 4.98 Å². The molecule has 0 bridgehead atoms. The number of carbonyl (C=O) groups excluding carboxylic acids is 1. The largest absolute Gasteiger partial charge is 0.314 e. The Morgan fingerprint density at radius 2 is 2.08 bits per heavy atom. The zero-order valence-electron chi connectivity index (χ0n) is 14.6. The summed E-state index contributed by atoms with van der Waals surface area (Å²) in [6.45, 7) is 7.15. The van der Waals surface area contributed by atoms with E-state index in [2.05, 4.69) is 53.7 Å². The van der Waals surface area contributed by atoms with Crippen LogP contribution in [0.15, 0.2) is 24.3 Å². The van der Waals surface area contributed by atoms with Gasteiger partial charge in [-0.2, -0.15) is 0 Å². The summed E-state index contributed by atoms with van der Waals surface area (Å²) in [6.07, 6.45) is 2.66. The summed E-state index contributed by atoms with van der Waals surface area (Å²) in [5.41, 5.74) is 3.55. The summed E-state index contributed by atoms with van der Waals surface area (Å²) in [4.78, 5) is 18.2. The smallest absolute Gasteiger partial charge is 0.229 e.